The van der Waals surface area contributed by atoms with Crippen molar-refractivity contribution in [2.75, 3.05) is 11.9 Å². The van der Waals surface area contributed by atoms with Crippen LogP contribution in [0.5, 0.6) is 0 Å². The Morgan fingerprint density at radius 1 is 1.52 bits per heavy atom. The lowest BCUT2D eigenvalue weighted by Gasteiger charge is -2.03. The Labute approximate surface area is 156 Å². The minimum Gasteiger partial charge on any atom is -0.423 e. The number of halogens is 2. The summed E-state index contributed by atoms with van der Waals surface area (Å²) in [6.45, 7) is 5.72. The van der Waals surface area contributed by atoms with Crippen molar-refractivity contribution >= 4 is 29.1 Å². The standard InChI is InChI=1S/C17H19Cl2N5O/c1-17(2)11(8-13(18)19)14(17)16-23-12(9-20)15(25-16)22-4-3-6-24-7-5-21-10-24/h5,7-8,10-11,14,22H,3-4,6H2,1-2H3. The fourth-order valence-electron chi connectivity index (χ4n) is 3.14. The number of oxazole rings is 1. The van der Waals surface area contributed by atoms with Gasteiger partial charge in [0.2, 0.25) is 17.5 Å². The number of anilines is 1. The Balaban J connectivity index is 1.64. The zero-order chi connectivity index (χ0) is 18.0. The molecule has 1 saturated carbocycles. The molecule has 0 aromatic carbocycles. The molecule has 3 rings (SSSR count). The Bertz CT molecular complexity index is 800. The highest BCUT2D eigenvalue weighted by Crippen LogP contribution is 2.65. The molecule has 0 bridgehead atoms. The summed E-state index contributed by atoms with van der Waals surface area (Å²) >= 11 is 11.6. The first-order valence-electron chi connectivity index (χ1n) is 8.06. The van der Waals surface area contributed by atoms with Crippen LogP contribution in [-0.2, 0) is 6.54 Å². The van der Waals surface area contributed by atoms with Gasteiger partial charge in [-0.2, -0.15) is 5.26 Å². The van der Waals surface area contributed by atoms with E-state index in [2.05, 4.69) is 35.2 Å². The molecule has 0 spiro atoms. The summed E-state index contributed by atoms with van der Waals surface area (Å²) < 4.78 is 8.07. The van der Waals surface area contributed by atoms with E-state index in [9.17, 15) is 5.26 Å². The number of nitriles is 1. The Hall–Kier alpha value is -1.97. The second kappa shape index (κ2) is 7.11. The lowest BCUT2D eigenvalue weighted by atomic mass is 10.1. The van der Waals surface area contributed by atoms with Gasteiger partial charge in [0.25, 0.3) is 0 Å². The first-order chi connectivity index (χ1) is 11.9. The van der Waals surface area contributed by atoms with Crippen molar-refractivity contribution in [1.82, 2.24) is 14.5 Å². The first kappa shape index (κ1) is 17.8. The van der Waals surface area contributed by atoms with E-state index in [-0.39, 0.29) is 27.4 Å². The topological polar surface area (TPSA) is 79.7 Å². The fraction of sp³-hybridized carbons (Fsp3) is 0.471. The van der Waals surface area contributed by atoms with Crippen molar-refractivity contribution in [3.63, 3.8) is 0 Å². The monoisotopic (exact) mass is 379 g/mol. The second-order valence-electron chi connectivity index (χ2n) is 6.70. The number of imidazole rings is 1. The van der Waals surface area contributed by atoms with Crippen LogP contribution in [0.4, 0.5) is 5.88 Å². The Morgan fingerprint density at radius 2 is 2.32 bits per heavy atom. The second-order valence-corrected chi connectivity index (χ2v) is 7.71. The van der Waals surface area contributed by atoms with Gasteiger partial charge in [-0.3, -0.25) is 0 Å². The molecule has 1 fully saturated rings. The number of rotatable bonds is 7. The van der Waals surface area contributed by atoms with Crippen LogP contribution in [0.25, 0.3) is 0 Å². The highest BCUT2D eigenvalue weighted by molar-refractivity contribution is 6.55. The lowest BCUT2D eigenvalue weighted by Crippen LogP contribution is -2.06. The maximum Gasteiger partial charge on any atom is 0.232 e. The van der Waals surface area contributed by atoms with Crippen molar-refractivity contribution in [1.29, 1.82) is 5.26 Å². The summed E-state index contributed by atoms with van der Waals surface area (Å²) in [4.78, 5) is 8.36. The molecule has 132 valence electrons. The number of aromatic nitrogens is 3. The molecule has 1 N–H and O–H groups in total. The molecular weight excluding hydrogens is 361 g/mol. The maximum absolute atomic E-state index is 9.30. The van der Waals surface area contributed by atoms with Crippen LogP contribution in [0.1, 0.15) is 37.8 Å². The summed E-state index contributed by atoms with van der Waals surface area (Å²) in [5.74, 6) is 1.19. The molecule has 2 heterocycles. The van der Waals surface area contributed by atoms with Crippen LogP contribution < -0.4 is 5.32 Å². The van der Waals surface area contributed by atoms with E-state index in [1.54, 1.807) is 12.5 Å². The summed E-state index contributed by atoms with van der Waals surface area (Å²) in [5.41, 5.74) is 0.228. The largest absolute Gasteiger partial charge is 0.423 e. The van der Waals surface area contributed by atoms with E-state index in [0.717, 1.165) is 13.0 Å². The van der Waals surface area contributed by atoms with Gasteiger partial charge in [0.15, 0.2) is 0 Å². The van der Waals surface area contributed by atoms with Crippen molar-refractivity contribution < 1.29 is 4.42 Å². The van der Waals surface area contributed by atoms with Crippen LogP contribution in [0, 0.1) is 22.7 Å². The highest BCUT2D eigenvalue weighted by Gasteiger charge is 2.60. The normalized spacial score (nSPS) is 20.8. The molecule has 0 amide bonds. The van der Waals surface area contributed by atoms with Gasteiger partial charge in [0, 0.05) is 31.4 Å². The van der Waals surface area contributed by atoms with Crippen LogP contribution in [0.2, 0.25) is 0 Å². The average Bonchev–Trinajstić information content (AvgIpc) is 3.00. The number of allylic oxidation sites excluding steroid dienone is 1. The van der Waals surface area contributed by atoms with Gasteiger partial charge in [-0.25, -0.2) is 9.97 Å². The molecule has 2 aromatic heterocycles. The minimum absolute atomic E-state index is 0.0503. The predicted octanol–water partition coefficient (Wildman–Crippen LogP) is 4.30. The molecule has 8 heteroatoms. The summed E-state index contributed by atoms with van der Waals surface area (Å²) in [6, 6.07) is 2.09. The lowest BCUT2D eigenvalue weighted by molar-refractivity contribution is 0.475. The summed E-state index contributed by atoms with van der Waals surface area (Å²) in [7, 11) is 0. The quantitative estimate of drug-likeness (QED) is 0.725. The van der Waals surface area contributed by atoms with E-state index in [4.69, 9.17) is 27.6 Å². The number of hydrogen-bond donors (Lipinski definition) is 1. The third-order valence-corrected chi connectivity index (χ3v) is 4.92. The van der Waals surface area contributed by atoms with Crippen LogP contribution >= 0.6 is 23.2 Å². The number of nitrogens with zero attached hydrogens (tertiary/aromatic N) is 4. The van der Waals surface area contributed by atoms with Crippen molar-refractivity contribution in [3.8, 4) is 6.07 Å². The van der Waals surface area contributed by atoms with Gasteiger partial charge in [-0.1, -0.05) is 37.0 Å². The molecule has 6 nitrogen and oxygen atoms in total. The molecule has 25 heavy (non-hydrogen) atoms. The molecule has 2 unspecified atom stereocenters. The van der Waals surface area contributed by atoms with Crippen LogP contribution in [-0.4, -0.2) is 21.1 Å². The third kappa shape index (κ3) is 3.83. The van der Waals surface area contributed by atoms with Crippen molar-refractivity contribution in [2.45, 2.75) is 32.7 Å². The zero-order valence-electron chi connectivity index (χ0n) is 14.0. The van der Waals surface area contributed by atoms with Gasteiger partial charge in [-0.05, 0) is 23.8 Å². The molecule has 0 radical (unpaired) electrons. The van der Waals surface area contributed by atoms with Crippen molar-refractivity contribution in [3.05, 3.63) is 40.9 Å². The Morgan fingerprint density at radius 3 is 2.96 bits per heavy atom. The molecule has 0 aliphatic heterocycles. The average molecular weight is 380 g/mol. The fourth-order valence-corrected chi connectivity index (χ4v) is 3.42. The van der Waals surface area contributed by atoms with E-state index >= 15 is 0 Å². The maximum atomic E-state index is 9.30. The van der Waals surface area contributed by atoms with E-state index in [1.165, 1.54) is 0 Å². The molecule has 2 aromatic rings. The SMILES string of the molecule is CC1(C)C(C=C(Cl)Cl)C1c1nc(C#N)c(NCCCn2ccnc2)o1. The minimum atomic E-state index is -0.0503. The summed E-state index contributed by atoms with van der Waals surface area (Å²) in [5, 5.41) is 12.5. The smallest absolute Gasteiger partial charge is 0.232 e. The number of nitrogens with one attached hydrogen (secondary N) is 1. The number of hydrogen-bond acceptors (Lipinski definition) is 5. The zero-order valence-corrected chi connectivity index (χ0v) is 15.6. The first-order valence-corrected chi connectivity index (χ1v) is 8.82. The van der Waals surface area contributed by atoms with E-state index in [1.807, 2.05) is 16.8 Å². The predicted molar refractivity (Wildman–Crippen MR) is 96.4 cm³/mol. The van der Waals surface area contributed by atoms with Crippen LogP contribution in [0.15, 0.2) is 33.7 Å². The van der Waals surface area contributed by atoms with E-state index < -0.39 is 0 Å². The molecule has 0 saturated heterocycles. The highest BCUT2D eigenvalue weighted by atomic mass is 35.5. The van der Waals surface area contributed by atoms with Gasteiger partial charge >= 0.3 is 0 Å². The van der Waals surface area contributed by atoms with E-state index in [0.29, 0.717) is 18.3 Å². The number of aryl methyl sites for hydroxylation is 1. The molecular formula is C17H19Cl2N5O. The van der Waals surface area contributed by atoms with Crippen molar-refractivity contribution in [2.24, 2.45) is 11.3 Å². The Kier molecular flexibility index (Phi) is 5.07. The van der Waals surface area contributed by atoms with Gasteiger partial charge < -0.3 is 14.3 Å². The van der Waals surface area contributed by atoms with Crippen LogP contribution in [0.3, 0.4) is 0 Å². The van der Waals surface area contributed by atoms with Gasteiger partial charge in [0.1, 0.15) is 10.6 Å². The van der Waals surface area contributed by atoms with Gasteiger partial charge in [0.05, 0.1) is 6.33 Å². The molecule has 1 aliphatic carbocycles. The van der Waals surface area contributed by atoms with Gasteiger partial charge in [-0.15, -0.1) is 0 Å². The summed E-state index contributed by atoms with van der Waals surface area (Å²) in [6.07, 6.45) is 8.12. The molecule has 2 atom stereocenters. The third-order valence-electron chi connectivity index (χ3n) is 4.67. The molecule has 1 aliphatic rings.